The van der Waals surface area contributed by atoms with Gasteiger partial charge >= 0.3 is 0 Å². The van der Waals surface area contributed by atoms with Gasteiger partial charge in [-0.25, -0.2) is 0 Å². The Morgan fingerprint density at radius 3 is 2.90 bits per heavy atom. The van der Waals surface area contributed by atoms with Gasteiger partial charge < -0.3 is 10.6 Å². The van der Waals surface area contributed by atoms with E-state index in [1.54, 1.807) is 16.2 Å². The van der Waals surface area contributed by atoms with Crippen LogP contribution in [0.25, 0.3) is 0 Å². The van der Waals surface area contributed by atoms with E-state index in [9.17, 15) is 9.59 Å². The topological polar surface area (TPSA) is 63.4 Å². The van der Waals surface area contributed by atoms with Crippen LogP contribution >= 0.6 is 11.3 Å². The van der Waals surface area contributed by atoms with Crippen molar-refractivity contribution in [3.05, 3.63) is 21.4 Å². The predicted octanol–water partition coefficient (Wildman–Crippen LogP) is 2.21. The van der Waals surface area contributed by atoms with Gasteiger partial charge in [-0.15, -0.1) is 11.3 Å². The van der Waals surface area contributed by atoms with E-state index in [0.29, 0.717) is 19.5 Å². The smallest absolute Gasteiger partial charge is 0.263 e. The molecule has 1 aromatic heterocycles. The average molecular weight is 306 g/mol. The zero-order chi connectivity index (χ0) is 15.0. The highest BCUT2D eigenvalue weighted by atomic mass is 32.1. The Bertz CT molecular complexity index is 567. The first-order chi connectivity index (χ1) is 10.1. The summed E-state index contributed by atoms with van der Waals surface area (Å²) in [6, 6.07) is 2.09. The van der Waals surface area contributed by atoms with Crippen molar-refractivity contribution in [3.63, 3.8) is 0 Å². The van der Waals surface area contributed by atoms with Gasteiger partial charge in [0.1, 0.15) is 0 Å². The van der Waals surface area contributed by atoms with E-state index in [1.807, 2.05) is 0 Å². The Morgan fingerprint density at radius 1 is 1.43 bits per heavy atom. The van der Waals surface area contributed by atoms with Gasteiger partial charge in [-0.05, 0) is 43.2 Å². The normalized spacial score (nSPS) is 24.9. The van der Waals surface area contributed by atoms with E-state index in [-0.39, 0.29) is 17.7 Å². The highest BCUT2D eigenvalue weighted by Crippen LogP contribution is 2.34. The monoisotopic (exact) mass is 306 g/mol. The van der Waals surface area contributed by atoms with Crippen LogP contribution in [0.1, 0.15) is 46.3 Å². The molecule has 2 heterocycles. The number of thiophene rings is 1. The maximum Gasteiger partial charge on any atom is 0.263 e. The average Bonchev–Trinajstić information content (AvgIpc) is 3.12. The maximum absolute atomic E-state index is 12.6. The van der Waals surface area contributed by atoms with Crippen LogP contribution in [0.2, 0.25) is 0 Å². The summed E-state index contributed by atoms with van der Waals surface area (Å²) < 4.78 is 0. The van der Waals surface area contributed by atoms with Crippen LogP contribution in [0.3, 0.4) is 0 Å². The molecule has 2 atom stereocenters. The molecular formula is C16H22N2O2S. The van der Waals surface area contributed by atoms with Crippen LogP contribution in [0, 0.1) is 11.8 Å². The van der Waals surface area contributed by atoms with Gasteiger partial charge in [0, 0.05) is 18.0 Å². The number of nitrogens with zero attached hydrogens (tertiary/aromatic N) is 1. The number of likely N-dealkylation sites (tertiary alicyclic amines) is 1. The third-order valence-electron chi connectivity index (χ3n) is 4.85. The van der Waals surface area contributed by atoms with Crippen LogP contribution in [0.5, 0.6) is 0 Å². The fourth-order valence-corrected chi connectivity index (χ4v) is 4.56. The molecule has 2 N–H and O–H groups in total. The molecule has 0 spiro atoms. The fourth-order valence-electron chi connectivity index (χ4n) is 3.39. The number of hydrogen-bond donors (Lipinski definition) is 1. The van der Waals surface area contributed by atoms with Gasteiger partial charge in [0.2, 0.25) is 5.91 Å². The first-order valence-electron chi connectivity index (χ1n) is 7.78. The molecule has 1 saturated heterocycles. The van der Waals surface area contributed by atoms with Crippen molar-refractivity contribution in [2.24, 2.45) is 17.6 Å². The molecule has 114 valence electrons. The number of fused-ring (bicyclic) bond motifs is 1. The number of hydrogen-bond acceptors (Lipinski definition) is 3. The zero-order valence-electron chi connectivity index (χ0n) is 12.4. The number of carbonyl (C=O) groups excluding carboxylic acids is 2. The predicted molar refractivity (Wildman–Crippen MR) is 83.3 cm³/mol. The molecule has 2 amide bonds. The molecule has 5 heteroatoms. The number of aryl methyl sites for hydroxylation is 1. The maximum atomic E-state index is 12.6. The van der Waals surface area contributed by atoms with Crippen molar-refractivity contribution in [3.8, 4) is 0 Å². The Morgan fingerprint density at radius 2 is 2.24 bits per heavy atom. The van der Waals surface area contributed by atoms with E-state index in [4.69, 9.17) is 5.73 Å². The van der Waals surface area contributed by atoms with Gasteiger partial charge in [0.05, 0.1) is 10.8 Å². The summed E-state index contributed by atoms with van der Waals surface area (Å²) in [5.74, 6) is 0.377. The SMILES string of the molecule is CC[C@H]1CCc2sc(C(=O)N3CC[C@@H](C(N)=O)C3)cc2C1. The molecule has 0 aromatic carbocycles. The first kappa shape index (κ1) is 14.6. The Kier molecular flexibility index (Phi) is 4.02. The van der Waals surface area contributed by atoms with Crippen LogP contribution < -0.4 is 5.73 Å². The molecule has 0 radical (unpaired) electrons. The summed E-state index contributed by atoms with van der Waals surface area (Å²) in [6.45, 7) is 3.36. The quantitative estimate of drug-likeness (QED) is 0.930. The second kappa shape index (κ2) is 5.79. The van der Waals surface area contributed by atoms with E-state index in [2.05, 4.69) is 13.0 Å². The molecule has 0 unspecified atom stereocenters. The highest BCUT2D eigenvalue weighted by Gasteiger charge is 2.31. The molecule has 1 aliphatic heterocycles. The lowest BCUT2D eigenvalue weighted by molar-refractivity contribution is -0.121. The summed E-state index contributed by atoms with van der Waals surface area (Å²) >= 11 is 1.65. The highest BCUT2D eigenvalue weighted by molar-refractivity contribution is 7.14. The first-order valence-corrected chi connectivity index (χ1v) is 8.60. The van der Waals surface area contributed by atoms with Gasteiger partial charge in [-0.3, -0.25) is 9.59 Å². The molecule has 1 aromatic rings. The summed E-state index contributed by atoms with van der Waals surface area (Å²) in [5, 5.41) is 0. The third kappa shape index (κ3) is 2.84. The van der Waals surface area contributed by atoms with Gasteiger partial charge in [0.25, 0.3) is 5.91 Å². The molecule has 4 nitrogen and oxygen atoms in total. The van der Waals surface area contributed by atoms with Crippen LogP contribution in [-0.4, -0.2) is 29.8 Å². The van der Waals surface area contributed by atoms with Gasteiger partial charge in [-0.1, -0.05) is 13.3 Å². The Balaban J connectivity index is 1.72. The van der Waals surface area contributed by atoms with E-state index in [0.717, 1.165) is 23.6 Å². The minimum Gasteiger partial charge on any atom is -0.369 e. The summed E-state index contributed by atoms with van der Waals surface area (Å²) in [6.07, 6.45) is 5.37. The Hall–Kier alpha value is -1.36. The molecule has 0 bridgehead atoms. The van der Waals surface area contributed by atoms with Crippen LogP contribution in [0.15, 0.2) is 6.07 Å². The standard InChI is InChI=1S/C16H22N2O2S/c1-2-10-3-4-13-12(7-10)8-14(21-13)16(20)18-6-5-11(9-18)15(17)19/h8,10-11H,2-7,9H2,1H3,(H2,17,19)/t10-,11+/m0/s1. The molecule has 21 heavy (non-hydrogen) atoms. The lowest BCUT2D eigenvalue weighted by Crippen LogP contribution is -2.31. The third-order valence-corrected chi connectivity index (χ3v) is 6.08. The fraction of sp³-hybridized carbons (Fsp3) is 0.625. The second-order valence-electron chi connectivity index (χ2n) is 6.22. The minimum absolute atomic E-state index is 0.0752. The van der Waals surface area contributed by atoms with Crippen molar-refractivity contribution in [2.75, 3.05) is 13.1 Å². The minimum atomic E-state index is -0.290. The summed E-state index contributed by atoms with van der Waals surface area (Å²) in [5.41, 5.74) is 6.70. The summed E-state index contributed by atoms with van der Waals surface area (Å²) in [4.78, 5) is 27.8. The molecule has 3 rings (SSSR count). The van der Waals surface area contributed by atoms with Crippen molar-refractivity contribution in [2.45, 2.75) is 39.0 Å². The van der Waals surface area contributed by atoms with E-state index >= 15 is 0 Å². The molecule has 0 saturated carbocycles. The van der Waals surface area contributed by atoms with Crippen LogP contribution in [-0.2, 0) is 17.6 Å². The zero-order valence-corrected chi connectivity index (χ0v) is 13.2. The lowest BCUT2D eigenvalue weighted by Gasteiger charge is -2.19. The number of primary amides is 1. The number of rotatable bonds is 3. The van der Waals surface area contributed by atoms with E-state index < -0.39 is 0 Å². The molecule has 2 aliphatic rings. The number of carbonyl (C=O) groups is 2. The number of amides is 2. The van der Waals surface area contributed by atoms with Crippen molar-refractivity contribution in [1.82, 2.24) is 4.90 Å². The van der Waals surface area contributed by atoms with Gasteiger partial charge in [0.15, 0.2) is 0 Å². The van der Waals surface area contributed by atoms with Crippen molar-refractivity contribution in [1.29, 1.82) is 0 Å². The molecule has 1 fully saturated rings. The number of nitrogens with two attached hydrogens (primary N) is 1. The van der Waals surface area contributed by atoms with Crippen LogP contribution in [0.4, 0.5) is 0 Å². The van der Waals surface area contributed by atoms with Crippen molar-refractivity contribution < 1.29 is 9.59 Å². The van der Waals surface area contributed by atoms with Crippen molar-refractivity contribution >= 4 is 23.2 Å². The van der Waals surface area contributed by atoms with Gasteiger partial charge in [-0.2, -0.15) is 0 Å². The van der Waals surface area contributed by atoms with E-state index in [1.165, 1.54) is 23.3 Å². The molecular weight excluding hydrogens is 284 g/mol. The Labute approximate surface area is 129 Å². The summed E-state index contributed by atoms with van der Waals surface area (Å²) in [7, 11) is 0. The molecule has 1 aliphatic carbocycles. The lowest BCUT2D eigenvalue weighted by atomic mass is 9.87. The second-order valence-corrected chi connectivity index (χ2v) is 7.35. The largest absolute Gasteiger partial charge is 0.369 e.